The molecule has 3 atom stereocenters. The van der Waals surface area contributed by atoms with Crippen LogP contribution in [-0.2, 0) is 6.18 Å². The molecule has 7 nitrogen and oxygen atoms in total. The van der Waals surface area contributed by atoms with Crippen LogP contribution in [0.5, 0.6) is 5.75 Å². The zero-order chi connectivity index (χ0) is 22.6. The topological polar surface area (TPSA) is 87.3 Å². The van der Waals surface area contributed by atoms with Crippen LogP contribution in [0.3, 0.4) is 0 Å². The van der Waals surface area contributed by atoms with Crippen molar-refractivity contribution in [3.63, 3.8) is 0 Å². The Labute approximate surface area is 185 Å². The monoisotopic (exact) mass is 463 g/mol. The lowest BCUT2D eigenvalue weighted by Gasteiger charge is -2.33. The van der Waals surface area contributed by atoms with Crippen LogP contribution in [0.4, 0.5) is 18.9 Å². The number of thiophene rings is 1. The number of nitrogens with zero attached hydrogens (tertiary/aromatic N) is 1. The molecule has 0 bridgehead atoms. The van der Waals surface area contributed by atoms with Crippen molar-refractivity contribution < 1.29 is 22.7 Å². The molecule has 2 aliphatic rings. The Morgan fingerprint density at radius 3 is 2.62 bits per heavy atom. The second kappa shape index (κ2) is 7.61. The fourth-order valence-corrected chi connectivity index (χ4v) is 5.42. The van der Waals surface area contributed by atoms with Gasteiger partial charge in [-0.1, -0.05) is 12.1 Å². The van der Waals surface area contributed by atoms with Gasteiger partial charge in [-0.2, -0.15) is 13.2 Å². The number of carbonyl (C=O) groups excluding carboxylic acids is 1. The molecule has 4 heterocycles. The number of methoxy groups -OCH3 is 1. The second-order valence-electron chi connectivity index (χ2n) is 7.84. The van der Waals surface area contributed by atoms with Gasteiger partial charge in [-0.05, 0) is 36.2 Å². The van der Waals surface area contributed by atoms with E-state index in [-0.39, 0.29) is 22.7 Å². The van der Waals surface area contributed by atoms with E-state index in [2.05, 4.69) is 26.5 Å². The number of pyridine rings is 1. The zero-order valence-electron chi connectivity index (χ0n) is 17.1. The Morgan fingerprint density at radius 1 is 1.19 bits per heavy atom. The molecule has 0 spiro atoms. The van der Waals surface area contributed by atoms with Gasteiger partial charge in [0.2, 0.25) is 0 Å². The summed E-state index contributed by atoms with van der Waals surface area (Å²) in [6.07, 6.45) is -4.97. The number of hydrazine groups is 1. The molecule has 3 unspecified atom stereocenters. The summed E-state index contributed by atoms with van der Waals surface area (Å²) in [4.78, 5) is 17.2. The smallest absolute Gasteiger partial charge is 0.433 e. The maximum absolute atomic E-state index is 13.2. The fraction of sp³-hybridized carbons (Fsp3) is 0.333. The largest absolute Gasteiger partial charge is 0.497 e. The number of aromatic nitrogens is 1. The molecule has 5 rings (SSSR count). The Kier molecular flexibility index (Phi) is 4.99. The number of hydrogen-bond donors (Lipinski definition) is 4. The first-order valence-electron chi connectivity index (χ1n) is 9.97. The number of hydrogen-bond acceptors (Lipinski definition) is 7. The Hall–Kier alpha value is -2.89. The van der Waals surface area contributed by atoms with Gasteiger partial charge in [-0.3, -0.25) is 10.2 Å². The number of aryl methyl sites for hydroxylation is 1. The minimum Gasteiger partial charge on any atom is -0.497 e. The molecule has 1 saturated heterocycles. The second-order valence-corrected chi connectivity index (χ2v) is 8.84. The molecule has 2 aliphatic heterocycles. The van der Waals surface area contributed by atoms with Crippen molar-refractivity contribution in [2.45, 2.75) is 25.3 Å². The number of halogens is 3. The SMILES string of the molecule is COc1ccc(C2NNCC2C2NC(=O)c3sc4nc(C(F)(F)F)cc(C)c4c3N2)cc1. The number of amides is 1. The van der Waals surface area contributed by atoms with E-state index in [1.807, 2.05) is 24.3 Å². The number of anilines is 1. The van der Waals surface area contributed by atoms with Crippen molar-refractivity contribution in [3.8, 4) is 5.75 Å². The molecule has 2 aromatic heterocycles. The summed E-state index contributed by atoms with van der Waals surface area (Å²) in [5.41, 5.74) is 7.42. The van der Waals surface area contributed by atoms with Crippen LogP contribution in [-0.4, -0.2) is 30.7 Å². The van der Waals surface area contributed by atoms with Gasteiger partial charge in [-0.25, -0.2) is 10.4 Å². The van der Waals surface area contributed by atoms with Crippen LogP contribution < -0.4 is 26.2 Å². The van der Waals surface area contributed by atoms with E-state index in [9.17, 15) is 18.0 Å². The molecule has 168 valence electrons. The van der Waals surface area contributed by atoms with Gasteiger partial charge < -0.3 is 15.4 Å². The van der Waals surface area contributed by atoms with Crippen LogP contribution in [0.15, 0.2) is 30.3 Å². The number of rotatable bonds is 3. The highest BCUT2D eigenvalue weighted by molar-refractivity contribution is 7.21. The summed E-state index contributed by atoms with van der Waals surface area (Å²) in [5, 5.41) is 6.89. The lowest BCUT2D eigenvalue weighted by molar-refractivity contribution is -0.141. The van der Waals surface area contributed by atoms with Crippen molar-refractivity contribution in [2.24, 2.45) is 5.92 Å². The molecule has 11 heteroatoms. The predicted octanol–water partition coefficient (Wildman–Crippen LogP) is 3.58. The summed E-state index contributed by atoms with van der Waals surface area (Å²) in [5.74, 6) is 0.370. The minimum atomic E-state index is -4.55. The van der Waals surface area contributed by atoms with E-state index in [0.29, 0.717) is 28.1 Å². The van der Waals surface area contributed by atoms with Crippen molar-refractivity contribution in [3.05, 3.63) is 52.0 Å². The number of alkyl halides is 3. The first-order chi connectivity index (χ1) is 15.3. The minimum absolute atomic E-state index is 0.0573. The average molecular weight is 463 g/mol. The quantitative estimate of drug-likeness (QED) is 0.475. The molecular formula is C21H20F3N5O2S. The number of carbonyl (C=O) groups is 1. The molecule has 32 heavy (non-hydrogen) atoms. The molecule has 0 aliphatic carbocycles. The van der Waals surface area contributed by atoms with Crippen molar-refractivity contribution in [2.75, 3.05) is 19.0 Å². The lowest BCUT2D eigenvalue weighted by Crippen LogP contribution is -2.51. The molecule has 1 fully saturated rings. The van der Waals surface area contributed by atoms with Crippen LogP contribution in [0.25, 0.3) is 10.2 Å². The molecule has 3 aromatic rings. The normalized spacial score (nSPS) is 23.0. The first-order valence-corrected chi connectivity index (χ1v) is 10.8. The van der Waals surface area contributed by atoms with Gasteiger partial charge in [0.1, 0.15) is 27.3 Å². The first kappa shape index (κ1) is 21.0. The van der Waals surface area contributed by atoms with Gasteiger partial charge in [0.05, 0.1) is 18.8 Å². The van der Waals surface area contributed by atoms with Crippen molar-refractivity contribution in [1.29, 1.82) is 0 Å². The van der Waals surface area contributed by atoms with Crippen LogP contribution >= 0.6 is 11.3 Å². The van der Waals surface area contributed by atoms with Gasteiger partial charge in [0.15, 0.2) is 0 Å². The molecule has 1 amide bonds. The predicted molar refractivity (Wildman–Crippen MR) is 115 cm³/mol. The molecule has 0 saturated carbocycles. The zero-order valence-corrected chi connectivity index (χ0v) is 17.9. The maximum atomic E-state index is 13.2. The van der Waals surface area contributed by atoms with Crippen molar-refractivity contribution >= 4 is 33.1 Å². The maximum Gasteiger partial charge on any atom is 0.433 e. The third-order valence-electron chi connectivity index (χ3n) is 5.87. The van der Waals surface area contributed by atoms with E-state index < -0.39 is 18.0 Å². The highest BCUT2D eigenvalue weighted by Crippen LogP contribution is 2.42. The standard InChI is InChI=1S/C21H20F3N5O2S/c1-9-7-13(21(22,23)24)26-20-14(9)16-17(32-20)19(30)28-18(27-16)12-8-25-29-15(12)10-3-5-11(31-2)6-4-10/h3-7,12,15,18,25,27,29H,8H2,1-2H3,(H,28,30). The van der Waals surface area contributed by atoms with E-state index in [1.165, 1.54) is 0 Å². The highest BCUT2D eigenvalue weighted by atomic mass is 32.1. The molecular weight excluding hydrogens is 443 g/mol. The number of benzene rings is 1. The Bertz CT molecular complexity index is 1190. The summed E-state index contributed by atoms with van der Waals surface area (Å²) in [7, 11) is 1.60. The van der Waals surface area contributed by atoms with Crippen LogP contribution in [0.1, 0.15) is 32.5 Å². The third-order valence-corrected chi connectivity index (χ3v) is 6.95. The number of fused-ring (bicyclic) bond motifs is 3. The van der Waals surface area contributed by atoms with E-state index in [0.717, 1.165) is 28.7 Å². The summed E-state index contributed by atoms with van der Waals surface area (Å²) >= 11 is 0.967. The van der Waals surface area contributed by atoms with E-state index in [4.69, 9.17) is 4.74 Å². The summed E-state index contributed by atoms with van der Waals surface area (Å²) < 4.78 is 44.8. The van der Waals surface area contributed by atoms with Gasteiger partial charge in [-0.15, -0.1) is 11.3 Å². The van der Waals surface area contributed by atoms with E-state index in [1.54, 1.807) is 14.0 Å². The average Bonchev–Trinajstić information content (AvgIpc) is 3.38. The molecule has 4 N–H and O–H groups in total. The summed E-state index contributed by atoms with van der Waals surface area (Å²) in [6, 6.07) is 8.59. The Balaban J connectivity index is 1.49. The molecule has 0 radical (unpaired) electrons. The highest BCUT2D eigenvalue weighted by Gasteiger charge is 2.40. The summed E-state index contributed by atoms with van der Waals surface area (Å²) in [6.45, 7) is 2.19. The number of nitrogens with one attached hydrogen (secondary N) is 4. The fourth-order valence-electron chi connectivity index (χ4n) is 4.30. The number of ether oxygens (including phenoxy) is 1. The van der Waals surface area contributed by atoms with E-state index >= 15 is 0 Å². The lowest BCUT2D eigenvalue weighted by atomic mass is 9.91. The van der Waals surface area contributed by atoms with Gasteiger partial charge in [0.25, 0.3) is 5.91 Å². The molecule has 1 aromatic carbocycles. The Morgan fingerprint density at radius 2 is 1.94 bits per heavy atom. The van der Waals surface area contributed by atoms with Gasteiger partial charge in [0, 0.05) is 17.8 Å². The van der Waals surface area contributed by atoms with Gasteiger partial charge >= 0.3 is 6.18 Å². The van der Waals surface area contributed by atoms with Crippen LogP contribution in [0, 0.1) is 12.8 Å². The van der Waals surface area contributed by atoms with Crippen molar-refractivity contribution in [1.82, 2.24) is 21.2 Å². The third kappa shape index (κ3) is 3.46. The van der Waals surface area contributed by atoms with Crippen LogP contribution in [0.2, 0.25) is 0 Å².